The lowest BCUT2D eigenvalue weighted by atomic mass is 10.0. The highest BCUT2D eigenvalue weighted by Crippen LogP contribution is 2.35. The Morgan fingerprint density at radius 2 is 2.06 bits per heavy atom. The maximum Gasteiger partial charge on any atom is 0.406 e. The Balaban J connectivity index is 1.61. The summed E-state index contributed by atoms with van der Waals surface area (Å²) >= 11 is 1.22. The molecular weight excluding hydrogens is 432 g/mol. The van der Waals surface area contributed by atoms with E-state index in [9.17, 15) is 17.6 Å². The molecule has 1 fully saturated rings. The van der Waals surface area contributed by atoms with Gasteiger partial charge in [0.2, 0.25) is 0 Å². The van der Waals surface area contributed by atoms with Gasteiger partial charge in [0.15, 0.2) is 5.01 Å². The van der Waals surface area contributed by atoms with E-state index < -0.39 is 18.9 Å². The largest absolute Gasteiger partial charge is 0.406 e. The Morgan fingerprint density at radius 1 is 1.29 bits per heavy atom. The third kappa shape index (κ3) is 4.68. The molecule has 4 rings (SSSR count). The van der Waals surface area contributed by atoms with Crippen molar-refractivity contribution in [2.75, 3.05) is 32.9 Å². The summed E-state index contributed by atoms with van der Waals surface area (Å²) in [4.78, 5) is 3.87. The van der Waals surface area contributed by atoms with E-state index in [1.54, 1.807) is 24.3 Å². The first-order valence-electron chi connectivity index (χ1n) is 9.92. The standard InChI is InChI=1S/C20H24F4N6S/c1-28-7-6-16(13(21)9-28)29(2)10-18-26-27-19(31-18)17-8-12-14(25)4-3-5-15(12)30(17)11-20(22,23)24/h3-5,8,13,16H,6-7,9-11,25H2,1-2H3/t13-,16+/m1/s1. The molecule has 1 saturated heterocycles. The number of benzene rings is 1. The number of rotatable bonds is 5. The van der Waals surface area contributed by atoms with Gasteiger partial charge in [-0.3, -0.25) is 4.90 Å². The molecule has 0 aliphatic carbocycles. The first-order valence-corrected chi connectivity index (χ1v) is 10.7. The summed E-state index contributed by atoms with van der Waals surface area (Å²) < 4.78 is 55.4. The van der Waals surface area contributed by atoms with E-state index in [-0.39, 0.29) is 6.04 Å². The minimum atomic E-state index is -4.40. The number of piperidine rings is 1. The highest BCUT2D eigenvalue weighted by atomic mass is 32.1. The van der Waals surface area contributed by atoms with Crippen molar-refractivity contribution >= 4 is 27.9 Å². The second-order valence-electron chi connectivity index (χ2n) is 8.06. The number of likely N-dealkylation sites (tertiary alicyclic amines) is 1. The summed E-state index contributed by atoms with van der Waals surface area (Å²) in [5.41, 5.74) is 7.10. The van der Waals surface area contributed by atoms with Crippen molar-refractivity contribution in [3.8, 4) is 10.7 Å². The third-order valence-corrected chi connectivity index (χ3v) is 6.59. The topological polar surface area (TPSA) is 63.2 Å². The lowest BCUT2D eigenvalue weighted by Crippen LogP contribution is -2.49. The Bertz CT molecular complexity index is 1060. The minimum Gasteiger partial charge on any atom is -0.398 e. The molecule has 6 nitrogen and oxygen atoms in total. The summed E-state index contributed by atoms with van der Waals surface area (Å²) in [6, 6.07) is 6.29. The summed E-state index contributed by atoms with van der Waals surface area (Å²) in [6.45, 7) is 0.433. The van der Waals surface area contributed by atoms with Crippen LogP contribution >= 0.6 is 11.3 Å². The fraction of sp³-hybridized carbons (Fsp3) is 0.500. The van der Waals surface area contributed by atoms with E-state index in [2.05, 4.69) is 10.2 Å². The molecule has 3 heterocycles. The minimum absolute atomic E-state index is 0.222. The van der Waals surface area contributed by atoms with Gasteiger partial charge in [0.05, 0.1) is 17.8 Å². The lowest BCUT2D eigenvalue weighted by Gasteiger charge is -2.37. The monoisotopic (exact) mass is 456 g/mol. The van der Waals surface area contributed by atoms with Crippen LogP contribution in [0.25, 0.3) is 21.6 Å². The maximum absolute atomic E-state index is 14.5. The number of hydrogen-bond donors (Lipinski definition) is 1. The summed E-state index contributed by atoms with van der Waals surface area (Å²) in [6.07, 6.45) is -4.66. The van der Waals surface area contributed by atoms with Crippen LogP contribution in [0.5, 0.6) is 0 Å². The van der Waals surface area contributed by atoms with Crippen molar-refractivity contribution in [2.45, 2.75) is 37.9 Å². The number of nitrogens with zero attached hydrogens (tertiary/aromatic N) is 5. The fourth-order valence-electron chi connectivity index (χ4n) is 4.13. The van der Waals surface area contributed by atoms with Crippen LogP contribution in [-0.2, 0) is 13.1 Å². The molecule has 0 amide bonds. The molecular formula is C20H24F4N6S. The zero-order valence-electron chi connectivity index (χ0n) is 17.2. The van der Waals surface area contributed by atoms with Crippen LogP contribution in [0.3, 0.4) is 0 Å². The van der Waals surface area contributed by atoms with E-state index >= 15 is 0 Å². The zero-order valence-corrected chi connectivity index (χ0v) is 18.0. The van der Waals surface area contributed by atoms with E-state index in [1.165, 1.54) is 15.9 Å². The number of anilines is 1. The van der Waals surface area contributed by atoms with E-state index in [1.807, 2.05) is 23.9 Å². The van der Waals surface area contributed by atoms with Gasteiger partial charge in [-0.05, 0) is 45.3 Å². The predicted octanol–water partition coefficient (Wildman–Crippen LogP) is 3.78. The van der Waals surface area contributed by atoms with Crippen molar-refractivity contribution in [1.82, 2.24) is 24.6 Å². The molecule has 0 radical (unpaired) electrons. The highest BCUT2D eigenvalue weighted by molar-refractivity contribution is 7.14. The van der Waals surface area contributed by atoms with E-state index in [0.717, 1.165) is 6.54 Å². The first-order chi connectivity index (χ1) is 14.6. The molecule has 0 saturated carbocycles. The molecule has 11 heteroatoms. The molecule has 3 aromatic rings. The lowest BCUT2D eigenvalue weighted by molar-refractivity contribution is -0.139. The van der Waals surface area contributed by atoms with Crippen LogP contribution in [0.1, 0.15) is 11.4 Å². The third-order valence-electron chi connectivity index (χ3n) is 5.66. The van der Waals surface area contributed by atoms with Crippen LogP contribution in [0.15, 0.2) is 24.3 Å². The number of nitrogen functional groups attached to an aromatic ring is 1. The van der Waals surface area contributed by atoms with Crippen LogP contribution < -0.4 is 5.73 Å². The van der Waals surface area contributed by atoms with Gasteiger partial charge in [0.25, 0.3) is 0 Å². The number of hydrogen-bond acceptors (Lipinski definition) is 6. The van der Waals surface area contributed by atoms with Crippen molar-refractivity contribution in [3.05, 3.63) is 29.3 Å². The van der Waals surface area contributed by atoms with Crippen molar-refractivity contribution in [1.29, 1.82) is 0 Å². The Labute approximate surface area is 181 Å². The van der Waals surface area contributed by atoms with E-state index in [0.29, 0.717) is 51.8 Å². The van der Waals surface area contributed by atoms with Crippen LogP contribution in [0.2, 0.25) is 0 Å². The number of aromatic nitrogens is 3. The molecule has 168 valence electrons. The van der Waals surface area contributed by atoms with Crippen molar-refractivity contribution < 1.29 is 17.6 Å². The van der Waals surface area contributed by atoms with Gasteiger partial charge in [0.1, 0.15) is 17.7 Å². The molecule has 2 aromatic heterocycles. The van der Waals surface area contributed by atoms with Crippen LogP contribution in [-0.4, -0.2) is 70.1 Å². The fourth-order valence-corrected chi connectivity index (χ4v) is 5.05. The molecule has 2 atom stereocenters. The molecule has 1 aromatic carbocycles. The van der Waals surface area contributed by atoms with Crippen LogP contribution in [0.4, 0.5) is 23.2 Å². The second kappa shape index (κ2) is 8.36. The summed E-state index contributed by atoms with van der Waals surface area (Å²) in [5, 5.41) is 9.86. The van der Waals surface area contributed by atoms with Gasteiger partial charge in [-0.15, -0.1) is 10.2 Å². The quantitative estimate of drug-likeness (QED) is 0.468. The number of halogens is 4. The van der Waals surface area contributed by atoms with Crippen molar-refractivity contribution in [3.63, 3.8) is 0 Å². The van der Waals surface area contributed by atoms with Gasteiger partial charge in [0, 0.05) is 23.7 Å². The summed E-state index contributed by atoms with van der Waals surface area (Å²) in [7, 11) is 3.73. The Hall–Kier alpha value is -2.24. The van der Waals surface area contributed by atoms with Gasteiger partial charge >= 0.3 is 6.18 Å². The predicted molar refractivity (Wildman–Crippen MR) is 114 cm³/mol. The van der Waals surface area contributed by atoms with Gasteiger partial charge < -0.3 is 15.2 Å². The normalized spacial score (nSPS) is 20.7. The van der Waals surface area contributed by atoms with E-state index in [4.69, 9.17) is 5.73 Å². The second-order valence-corrected chi connectivity index (χ2v) is 9.12. The first kappa shape index (κ1) is 22.0. The van der Waals surface area contributed by atoms with Gasteiger partial charge in [-0.25, -0.2) is 4.39 Å². The molecule has 0 unspecified atom stereocenters. The van der Waals surface area contributed by atoms with Gasteiger partial charge in [-0.1, -0.05) is 17.4 Å². The zero-order chi connectivity index (χ0) is 22.3. The molecule has 31 heavy (non-hydrogen) atoms. The number of alkyl halides is 4. The highest BCUT2D eigenvalue weighted by Gasteiger charge is 2.32. The van der Waals surface area contributed by atoms with Gasteiger partial charge in [-0.2, -0.15) is 13.2 Å². The molecule has 0 spiro atoms. The Morgan fingerprint density at radius 3 is 2.77 bits per heavy atom. The van der Waals surface area contributed by atoms with Crippen molar-refractivity contribution in [2.24, 2.45) is 0 Å². The van der Waals surface area contributed by atoms with Crippen LogP contribution in [0, 0.1) is 0 Å². The average Bonchev–Trinajstić information content (AvgIpc) is 3.26. The SMILES string of the molecule is CN1CC[C@H](N(C)Cc2nnc(-c3cc4c(N)cccc4n3CC(F)(F)F)s2)[C@H](F)C1. The smallest absolute Gasteiger partial charge is 0.398 e. The molecule has 2 N–H and O–H groups in total. The number of nitrogens with two attached hydrogens (primary N) is 1. The molecule has 0 bridgehead atoms. The number of fused-ring (bicyclic) bond motifs is 1. The summed E-state index contributed by atoms with van der Waals surface area (Å²) in [5.74, 6) is 0. The Kier molecular flexibility index (Phi) is 5.93. The molecule has 1 aliphatic heterocycles. The maximum atomic E-state index is 14.5. The molecule has 1 aliphatic rings. The average molecular weight is 457 g/mol.